The van der Waals surface area contributed by atoms with E-state index in [1.54, 1.807) is 6.92 Å². The molecule has 5 heteroatoms. The summed E-state index contributed by atoms with van der Waals surface area (Å²) in [5, 5.41) is 0. The number of benzene rings is 1. The van der Waals surface area contributed by atoms with Gasteiger partial charge < -0.3 is 10.6 Å². The molecule has 0 atom stereocenters. The maximum Gasteiger partial charge on any atom is 0.150 e. The van der Waals surface area contributed by atoms with Crippen LogP contribution < -0.4 is 10.6 Å². The molecular formula is C13H20N2O2S. The number of nitrogens with zero attached hydrogens (tertiary/aromatic N) is 1. The van der Waals surface area contributed by atoms with E-state index < -0.39 is 9.84 Å². The Hall–Kier alpha value is -1.23. The van der Waals surface area contributed by atoms with Gasteiger partial charge in [0.05, 0.1) is 17.1 Å². The summed E-state index contributed by atoms with van der Waals surface area (Å²) < 4.78 is 22.9. The lowest BCUT2D eigenvalue weighted by molar-refractivity contribution is 0.594. The molecule has 1 aromatic carbocycles. The first-order valence-corrected chi connectivity index (χ1v) is 8.18. The third-order valence-corrected chi connectivity index (χ3v) is 5.23. The maximum absolute atomic E-state index is 11.4. The summed E-state index contributed by atoms with van der Waals surface area (Å²) in [7, 11) is -2.86. The largest absolute Gasteiger partial charge is 0.397 e. The number of nitrogen functional groups attached to an aromatic ring is 1. The lowest BCUT2D eigenvalue weighted by Gasteiger charge is -2.20. The summed E-state index contributed by atoms with van der Waals surface area (Å²) in [5.74, 6) is 0.494. The average Bonchev–Trinajstić information content (AvgIpc) is 2.74. The standard InChI is InChI=1S/C13H20N2O2S/c1-2-18(16,17)10-4-8-15-9-7-11-5-3-6-12(14)13(11)15/h3,5-6H,2,4,7-10,14H2,1H3. The van der Waals surface area contributed by atoms with Crippen LogP contribution in [-0.4, -0.2) is 33.0 Å². The van der Waals surface area contributed by atoms with Crippen molar-refractivity contribution in [1.82, 2.24) is 0 Å². The molecule has 0 aliphatic carbocycles. The molecule has 2 N–H and O–H groups in total. The second-order valence-electron chi connectivity index (χ2n) is 4.68. The predicted octanol–water partition coefficient (Wildman–Crippen LogP) is 1.46. The van der Waals surface area contributed by atoms with Gasteiger partial charge in [-0.1, -0.05) is 19.1 Å². The molecule has 1 heterocycles. The Morgan fingerprint density at radius 1 is 1.39 bits per heavy atom. The van der Waals surface area contributed by atoms with E-state index >= 15 is 0 Å². The van der Waals surface area contributed by atoms with Gasteiger partial charge in [0.15, 0.2) is 0 Å². The number of fused-ring (bicyclic) bond motifs is 1. The highest BCUT2D eigenvalue weighted by Crippen LogP contribution is 2.33. The highest BCUT2D eigenvalue weighted by molar-refractivity contribution is 7.91. The molecule has 0 unspecified atom stereocenters. The molecule has 1 aromatic rings. The Morgan fingerprint density at radius 2 is 2.17 bits per heavy atom. The summed E-state index contributed by atoms with van der Waals surface area (Å²) in [6.45, 7) is 3.40. The van der Waals surface area contributed by atoms with Gasteiger partial charge in [-0.05, 0) is 24.5 Å². The molecule has 1 aliphatic rings. The summed E-state index contributed by atoms with van der Waals surface area (Å²) in [4.78, 5) is 2.20. The molecule has 18 heavy (non-hydrogen) atoms. The van der Waals surface area contributed by atoms with Crippen molar-refractivity contribution in [3.05, 3.63) is 23.8 Å². The molecule has 1 aliphatic heterocycles. The lowest BCUT2D eigenvalue weighted by atomic mass is 10.1. The predicted molar refractivity (Wildman–Crippen MR) is 75.7 cm³/mol. The number of nitrogens with two attached hydrogens (primary N) is 1. The van der Waals surface area contributed by atoms with Crippen molar-refractivity contribution in [2.75, 3.05) is 35.2 Å². The number of anilines is 2. The highest BCUT2D eigenvalue weighted by Gasteiger charge is 2.21. The van der Waals surface area contributed by atoms with Crippen LogP contribution in [-0.2, 0) is 16.3 Å². The third-order valence-electron chi connectivity index (χ3n) is 3.44. The summed E-state index contributed by atoms with van der Waals surface area (Å²) in [6.07, 6.45) is 1.67. The minimum Gasteiger partial charge on any atom is -0.397 e. The first-order valence-electron chi connectivity index (χ1n) is 6.36. The van der Waals surface area contributed by atoms with E-state index in [-0.39, 0.29) is 11.5 Å². The molecule has 0 bridgehead atoms. The van der Waals surface area contributed by atoms with Gasteiger partial charge in [-0.2, -0.15) is 0 Å². The number of hydrogen-bond acceptors (Lipinski definition) is 4. The first-order chi connectivity index (χ1) is 8.53. The second-order valence-corrected chi connectivity index (χ2v) is 7.15. The van der Waals surface area contributed by atoms with E-state index in [0.29, 0.717) is 6.42 Å². The molecule has 0 aromatic heterocycles. The van der Waals surface area contributed by atoms with Crippen molar-refractivity contribution in [3.8, 4) is 0 Å². The summed E-state index contributed by atoms with van der Waals surface area (Å²) >= 11 is 0. The van der Waals surface area contributed by atoms with Crippen molar-refractivity contribution in [2.45, 2.75) is 19.8 Å². The minimum absolute atomic E-state index is 0.228. The van der Waals surface area contributed by atoms with E-state index in [0.717, 1.165) is 30.9 Å². The molecule has 0 amide bonds. The molecule has 0 spiro atoms. The molecule has 0 saturated carbocycles. The average molecular weight is 268 g/mol. The zero-order chi connectivity index (χ0) is 13.2. The quantitative estimate of drug-likeness (QED) is 0.821. The monoisotopic (exact) mass is 268 g/mol. The third kappa shape index (κ3) is 2.77. The Morgan fingerprint density at radius 3 is 2.89 bits per heavy atom. The van der Waals surface area contributed by atoms with E-state index in [1.807, 2.05) is 12.1 Å². The number of sulfone groups is 1. The van der Waals surface area contributed by atoms with Gasteiger partial charge in [-0.25, -0.2) is 8.42 Å². The molecule has 4 nitrogen and oxygen atoms in total. The molecule has 2 rings (SSSR count). The van der Waals surface area contributed by atoms with Gasteiger partial charge in [0, 0.05) is 18.8 Å². The van der Waals surface area contributed by atoms with Gasteiger partial charge in [0.1, 0.15) is 9.84 Å². The highest BCUT2D eigenvalue weighted by atomic mass is 32.2. The fraction of sp³-hybridized carbons (Fsp3) is 0.538. The van der Waals surface area contributed by atoms with Gasteiger partial charge >= 0.3 is 0 Å². The number of para-hydroxylation sites is 1. The van der Waals surface area contributed by atoms with Crippen LogP contribution in [0.1, 0.15) is 18.9 Å². The van der Waals surface area contributed by atoms with Crippen LogP contribution >= 0.6 is 0 Å². The zero-order valence-corrected chi connectivity index (χ0v) is 11.5. The van der Waals surface area contributed by atoms with Crippen LogP contribution in [0.15, 0.2) is 18.2 Å². The van der Waals surface area contributed by atoms with E-state index in [4.69, 9.17) is 5.73 Å². The normalized spacial score (nSPS) is 14.8. The molecule has 100 valence electrons. The zero-order valence-electron chi connectivity index (χ0n) is 10.7. The fourth-order valence-corrected chi connectivity index (χ4v) is 3.27. The topological polar surface area (TPSA) is 63.4 Å². The van der Waals surface area contributed by atoms with Crippen molar-refractivity contribution in [2.24, 2.45) is 0 Å². The molecule has 0 fully saturated rings. The fourth-order valence-electron chi connectivity index (χ4n) is 2.41. The van der Waals surface area contributed by atoms with Crippen LogP contribution in [0, 0.1) is 0 Å². The van der Waals surface area contributed by atoms with Crippen LogP contribution in [0.3, 0.4) is 0 Å². The molecule has 0 saturated heterocycles. The van der Waals surface area contributed by atoms with Gasteiger partial charge in [-0.3, -0.25) is 0 Å². The summed E-state index contributed by atoms with van der Waals surface area (Å²) in [6, 6.07) is 5.97. The van der Waals surface area contributed by atoms with Crippen molar-refractivity contribution < 1.29 is 8.42 Å². The maximum atomic E-state index is 11.4. The van der Waals surface area contributed by atoms with Crippen molar-refractivity contribution >= 4 is 21.2 Å². The van der Waals surface area contributed by atoms with Gasteiger partial charge in [-0.15, -0.1) is 0 Å². The molecule has 0 radical (unpaired) electrons. The van der Waals surface area contributed by atoms with Crippen LogP contribution in [0.2, 0.25) is 0 Å². The van der Waals surface area contributed by atoms with Crippen LogP contribution in [0.5, 0.6) is 0 Å². The molecular weight excluding hydrogens is 248 g/mol. The Labute approximate surface area is 109 Å². The number of hydrogen-bond donors (Lipinski definition) is 1. The smallest absolute Gasteiger partial charge is 0.150 e. The van der Waals surface area contributed by atoms with E-state index in [1.165, 1.54) is 5.56 Å². The summed E-state index contributed by atoms with van der Waals surface area (Å²) in [5.41, 5.74) is 9.16. The van der Waals surface area contributed by atoms with Crippen LogP contribution in [0.25, 0.3) is 0 Å². The van der Waals surface area contributed by atoms with Gasteiger partial charge in [0.25, 0.3) is 0 Å². The first kappa shape index (κ1) is 13.2. The Kier molecular flexibility index (Phi) is 3.80. The minimum atomic E-state index is -2.86. The Bertz CT molecular complexity index is 526. The number of rotatable bonds is 5. The lowest BCUT2D eigenvalue weighted by Crippen LogP contribution is -2.24. The van der Waals surface area contributed by atoms with Crippen LogP contribution in [0.4, 0.5) is 11.4 Å². The SMILES string of the molecule is CCS(=O)(=O)CCCN1CCc2cccc(N)c21. The van der Waals surface area contributed by atoms with Crippen molar-refractivity contribution in [1.29, 1.82) is 0 Å². The van der Waals surface area contributed by atoms with E-state index in [9.17, 15) is 8.42 Å². The van der Waals surface area contributed by atoms with E-state index in [2.05, 4.69) is 11.0 Å². The Balaban J connectivity index is 1.98. The second kappa shape index (κ2) is 5.18. The van der Waals surface area contributed by atoms with Gasteiger partial charge in [0.2, 0.25) is 0 Å². The van der Waals surface area contributed by atoms with Crippen molar-refractivity contribution in [3.63, 3.8) is 0 Å².